The summed E-state index contributed by atoms with van der Waals surface area (Å²) >= 11 is 0. The van der Waals surface area contributed by atoms with E-state index in [2.05, 4.69) is 165 Å². The third kappa shape index (κ3) is 23.1. The molecule has 0 saturated carbocycles. The Bertz CT molecular complexity index is 5740. The van der Waals surface area contributed by atoms with Crippen molar-refractivity contribution in [1.29, 1.82) is 0 Å². The normalized spacial score (nSPS) is 13.1. The molecule has 10 nitrogen and oxygen atoms in total. The number of ether oxygens (including phenoxy) is 5. The standard InChI is InChI=1S/C125H135O10P5/c1-121(2,3)101-81-91-76-93-83-102(122(4,5)6)85-95(117(93)132-67-72-137(127,108-50-30-18-31-51-108)109-52-32-19-33-53-109)78-97-87-104(124(10,11)12)89-99(119(97)134-69-74-139(129,112-58-38-22-39-59-112)113-60-40-23-41-61-113)80-100-90-105(125(13,14)15)88-98(120(100)135-70-75-140(130,114-62-42-24-43-63-114)115-64-44-25-45-65-115)79-96-86-103(123(7,8)9)84-94(118(96)133-68-73-138(128,110-54-34-20-35-55-110)111-56-36-21-37-57-111)77-92(82-101)116(91)131-66-71-136(126,106-46-26-16-27-47-106)107-48-28-17-29-49-107/h16-65,81-90H,66-80H2,1-15H3. The lowest BCUT2D eigenvalue weighted by Gasteiger charge is -2.30. The van der Waals surface area contributed by atoms with Crippen molar-refractivity contribution in [3.63, 3.8) is 0 Å². The van der Waals surface area contributed by atoms with E-state index in [-0.39, 0.29) is 95.9 Å². The molecule has 15 aromatic carbocycles. The van der Waals surface area contributed by atoms with Crippen molar-refractivity contribution >= 4 is 88.8 Å². The van der Waals surface area contributed by atoms with Gasteiger partial charge in [0.1, 0.15) is 64.5 Å². The van der Waals surface area contributed by atoms with E-state index in [4.69, 9.17) is 23.7 Å². The van der Waals surface area contributed by atoms with E-state index in [1.807, 2.05) is 303 Å². The van der Waals surface area contributed by atoms with Crippen LogP contribution in [0.5, 0.6) is 28.7 Å². The maximum absolute atomic E-state index is 16.6. The molecule has 0 spiro atoms. The highest BCUT2D eigenvalue weighted by atomic mass is 31.2. The van der Waals surface area contributed by atoms with Gasteiger partial charge >= 0.3 is 0 Å². The summed E-state index contributed by atoms with van der Waals surface area (Å²) in [6.07, 6.45) is 2.19. The molecule has 0 unspecified atom stereocenters. The molecule has 0 fully saturated rings. The van der Waals surface area contributed by atoms with E-state index in [1.54, 1.807) is 0 Å². The molecule has 0 saturated heterocycles. The monoisotopic (exact) mass is 1950 g/mol. The average molecular weight is 1950 g/mol. The van der Waals surface area contributed by atoms with Crippen molar-refractivity contribution in [2.24, 2.45) is 0 Å². The van der Waals surface area contributed by atoms with E-state index in [0.29, 0.717) is 28.7 Å². The topological polar surface area (TPSA) is 132 Å². The molecular formula is C125H135O10P5. The molecule has 140 heavy (non-hydrogen) atoms. The Labute approximate surface area is 832 Å². The first kappa shape index (κ1) is 101. The Morgan fingerprint density at radius 1 is 0.171 bits per heavy atom. The molecular weight excluding hydrogens is 1820 g/mol. The Balaban J connectivity index is 1.01. The second-order valence-corrected chi connectivity index (χ2v) is 57.5. The zero-order chi connectivity index (χ0) is 98.9. The lowest BCUT2D eigenvalue weighted by Crippen LogP contribution is -2.23. The minimum Gasteiger partial charge on any atom is -0.492 e. The first-order valence-corrected chi connectivity index (χ1v) is 58.8. The molecule has 10 bridgehead atoms. The number of fused-ring (bicyclic) bond motifs is 10. The van der Waals surface area contributed by atoms with Crippen molar-refractivity contribution in [1.82, 2.24) is 0 Å². The number of benzene rings is 15. The third-order valence-corrected chi connectivity index (χ3v) is 42.8. The molecule has 720 valence electrons. The van der Waals surface area contributed by atoms with E-state index in [0.717, 1.165) is 136 Å². The maximum Gasteiger partial charge on any atom is 0.146 e. The quantitative estimate of drug-likeness (QED) is 0.0401. The van der Waals surface area contributed by atoms with Gasteiger partial charge in [0.2, 0.25) is 0 Å². The van der Waals surface area contributed by atoms with Crippen LogP contribution in [0.4, 0.5) is 0 Å². The molecule has 16 rings (SSSR count). The summed E-state index contributed by atoms with van der Waals surface area (Å²) in [4.78, 5) is 0. The number of hydrogen-bond donors (Lipinski definition) is 0. The van der Waals surface area contributed by atoms with Crippen molar-refractivity contribution in [2.75, 3.05) is 63.8 Å². The van der Waals surface area contributed by atoms with Crippen LogP contribution in [-0.2, 0) is 82.0 Å². The van der Waals surface area contributed by atoms with Crippen molar-refractivity contribution in [3.05, 3.63) is 447 Å². The van der Waals surface area contributed by atoms with Gasteiger partial charge in [0.25, 0.3) is 0 Å². The molecule has 15 aromatic rings. The molecule has 15 heteroatoms. The largest absolute Gasteiger partial charge is 0.492 e. The average Bonchev–Trinajstić information content (AvgIpc) is 0.756. The van der Waals surface area contributed by atoms with Gasteiger partial charge in [0, 0.05) is 116 Å². The Kier molecular flexibility index (Phi) is 30.9. The van der Waals surface area contributed by atoms with Gasteiger partial charge in [-0.3, -0.25) is 0 Å². The molecule has 1 aliphatic carbocycles. The Morgan fingerprint density at radius 3 is 0.364 bits per heavy atom. The predicted molar refractivity (Wildman–Crippen MR) is 590 cm³/mol. The molecule has 0 N–H and O–H groups in total. The van der Waals surface area contributed by atoms with E-state index in [1.165, 1.54) is 0 Å². The van der Waals surface area contributed by atoms with E-state index in [9.17, 15) is 0 Å². The van der Waals surface area contributed by atoms with Crippen LogP contribution < -0.4 is 76.7 Å². The smallest absolute Gasteiger partial charge is 0.146 e. The lowest BCUT2D eigenvalue weighted by atomic mass is 9.79. The van der Waals surface area contributed by atoms with Gasteiger partial charge < -0.3 is 46.5 Å². The summed E-state index contributed by atoms with van der Waals surface area (Å²) in [7, 11) is -17.2. The first-order chi connectivity index (χ1) is 66.9. The minimum absolute atomic E-state index is 0.0501. The van der Waals surface area contributed by atoms with Gasteiger partial charge in [-0.2, -0.15) is 0 Å². The summed E-state index contributed by atoms with van der Waals surface area (Å²) in [5, 5.41) is 7.30. The van der Waals surface area contributed by atoms with Gasteiger partial charge in [-0.1, -0.05) is 468 Å². The summed E-state index contributed by atoms with van der Waals surface area (Å²) in [6.45, 7) is 34.1. The second-order valence-electron chi connectivity index (χ2n) is 42.7. The summed E-state index contributed by atoms with van der Waals surface area (Å²) in [5.41, 5.74) is 11.6. The fourth-order valence-corrected chi connectivity index (χ4v) is 31.7. The molecule has 0 aromatic heterocycles. The SMILES string of the molecule is CC(C)(C)c1cc2c(OCCP(=O)(c3ccccc3)c3ccccc3)c(c1)Cc1cc(C(C)(C)C)cc(c1OCCP(=O)(c1ccccc1)c1ccccc1)Cc1cc(C(C)(C)C)cc(c1OCCP(=O)(c1ccccc1)c1ccccc1)Cc1cc(C(C)(C)C)cc(c1OCCP(=O)(c1ccccc1)c1ccccc1)Cc1cc(C(C)(C)C)cc(c1OCCP(=O)(c1ccccc1)c1ccccc1)C2. The van der Waals surface area contributed by atoms with Gasteiger partial charge in [0.05, 0.1) is 33.0 Å². The lowest BCUT2D eigenvalue weighted by molar-refractivity contribution is 0.327. The van der Waals surface area contributed by atoms with Crippen molar-refractivity contribution in [2.45, 2.75) is 163 Å². The fourth-order valence-electron chi connectivity index (χ4n) is 19.3. The van der Waals surface area contributed by atoms with Crippen LogP contribution in [0, 0.1) is 0 Å². The predicted octanol–water partition coefficient (Wildman–Crippen LogP) is 26.4. The van der Waals surface area contributed by atoms with Crippen LogP contribution in [0.3, 0.4) is 0 Å². The molecule has 0 atom stereocenters. The highest BCUT2D eigenvalue weighted by molar-refractivity contribution is 7.80. The fraction of sp³-hybridized carbons (Fsp3) is 0.280. The minimum atomic E-state index is -3.43. The first-order valence-electron chi connectivity index (χ1n) is 49.4. The highest BCUT2D eigenvalue weighted by Gasteiger charge is 2.38. The zero-order valence-electron chi connectivity index (χ0n) is 84.1. The number of rotatable bonds is 30. The van der Waals surface area contributed by atoms with E-state index < -0.39 is 62.8 Å². The van der Waals surface area contributed by atoms with Gasteiger partial charge in [-0.25, -0.2) is 0 Å². The molecule has 0 heterocycles. The van der Waals surface area contributed by atoms with Crippen LogP contribution in [0.15, 0.2) is 364 Å². The van der Waals surface area contributed by atoms with Crippen LogP contribution in [0.2, 0.25) is 0 Å². The zero-order valence-corrected chi connectivity index (χ0v) is 88.5. The van der Waals surface area contributed by atoms with Gasteiger partial charge in [-0.05, 0) is 111 Å². The molecule has 0 aliphatic heterocycles. The molecule has 0 amide bonds. The van der Waals surface area contributed by atoms with Crippen molar-refractivity contribution < 1.29 is 46.5 Å². The van der Waals surface area contributed by atoms with E-state index >= 15 is 22.8 Å². The second kappa shape index (κ2) is 42.7. The van der Waals surface area contributed by atoms with Crippen LogP contribution in [0.25, 0.3) is 0 Å². The Morgan fingerprint density at radius 2 is 0.271 bits per heavy atom. The molecule has 1 aliphatic rings. The van der Waals surface area contributed by atoms with Crippen molar-refractivity contribution in [3.8, 4) is 28.7 Å². The molecule has 0 radical (unpaired) electrons. The van der Waals surface area contributed by atoms with Gasteiger partial charge in [0.15, 0.2) is 0 Å². The summed E-state index contributed by atoms with van der Waals surface area (Å²) in [6, 6.07) is 122. The number of hydrogen-bond acceptors (Lipinski definition) is 10. The maximum atomic E-state index is 16.6. The Hall–Kier alpha value is -11.6. The van der Waals surface area contributed by atoms with Crippen LogP contribution >= 0.6 is 35.7 Å². The summed E-state index contributed by atoms with van der Waals surface area (Å²) in [5.74, 6) is 3.13. The summed E-state index contributed by atoms with van der Waals surface area (Å²) < 4.78 is 123. The van der Waals surface area contributed by atoms with Crippen LogP contribution in [0.1, 0.15) is 187 Å². The third-order valence-electron chi connectivity index (χ3n) is 27.4. The van der Waals surface area contributed by atoms with Gasteiger partial charge in [-0.15, -0.1) is 0 Å². The van der Waals surface area contributed by atoms with Crippen LogP contribution in [-0.4, -0.2) is 63.8 Å². The highest BCUT2D eigenvalue weighted by Crippen LogP contribution is 2.53.